The normalized spacial score (nSPS) is 10.7. The monoisotopic (exact) mass is 296 g/mol. The first-order valence-corrected chi connectivity index (χ1v) is 6.89. The van der Waals surface area contributed by atoms with Crippen LogP contribution in [0.25, 0.3) is 22.1 Å². The molecule has 3 rings (SSSR count). The van der Waals surface area contributed by atoms with Gasteiger partial charge in [0.15, 0.2) is 0 Å². The van der Waals surface area contributed by atoms with Gasteiger partial charge in [-0.25, -0.2) is 4.79 Å². The van der Waals surface area contributed by atoms with Crippen LogP contribution in [0.1, 0.15) is 5.56 Å². The maximum Gasteiger partial charge on any atom is 0.336 e. The molecule has 0 aliphatic rings. The minimum absolute atomic E-state index is 0.357. The number of ether oxygens (including phenoxy) is 2. The molecule has 0 aliphatic heterocycles. The quantitative estimate of drug-likeness (QED) is 0.690. The fourth-order valence-corrected chi connectivity index (χ4v) is 2.51. The molecule has 1 heterocycles. The molecule has 0 spiro atoms. The van der Waals surface area contributed by atoms with Gasteiger partial charge >= 0.3 is 5.63 Å². The van der Waals surface area contributed by atoms with Gasteiger partial charge in [-0.1, -0.05) is 12.1 Å². The lowest BCUT2D eigenvalue weighted by Gasteiger charge is -2.11. The molecule has 0 bridgehead atoms. The van der Waals surface area contributed by atoms with Gasteiger partial charge in [-0.2, -0.15) is 0 Å². The van der Waals surface area contributed by atoms with Gasteiger partial charge < -0.3 is 13.9 Å². The van der Waals surface area contributed by atoms with Crippen molar-refractivity contribution in [3.05, 3.63) is 58.4 Å². The maximum absolute atomic E-state index is 11.5. The predicted molar refractivity (Wildman–Crippen MR) is 85.8 cm³/mol. The topological polar surface area (TPSA) is 48.7 Å². The molecule has 2 aromatic carbocycles. The first kappa shape index (κ1) is 14.2. The van der Waals surface area contributed by atoms with Crippen LogP contribution in [0.3, 0.4) is 0 Å². The third-order valence-electron chi connectivity index (χ3n) is 3.67. The third-order valence-corrected chi connectivity index (χ3v) is 3.67. The number of fused-ring (bicyclic) bond motifs is 1. The average molecular weight is 296 g/mol. The van der Waals surface area contributed by atoms with Crippen molar-refractivity contribution >= 4 is 11.0 Å². The Morgan fingerprint density at radius 2 is 1.68 bits per heavy atom. The molecule has 4 heteroatoms. The second kappa shape index (κ2) is 5.56. The van der Waals surface area contributed by atoms with Crippen molar-refractivity contribution in [1.29, 1.82) is 0 Å². The molecule has 0 N–H and O–H groups in total. The standard InChI is InChI=1S/C18H16O4/c1-11-8-18(19)22-17-10-16(21-3)15(9-14(11)17)12-4-6-13(20-2)7-5-12/h4-10H,1-3H3. The van der Waals surface area contributed by atoms with E-state index in [0.29, 0.717) is 11.3 Å². The molecule has 0 radical (unpaired) electrons. The molecule has 112 valence electrons. The van der Waals surface area contributed by atoms with Crippen LogP contribution in [-0.2, 0) is 0 Å². The summed E-state index contributed by atoms with van der Waals surface area (Å²) in [7, 11) is 3.24. The van der Waals surface area contributed by atoms with Crippen LogP contribution in [0, 0.1) is 6.92 Å². The summed E-state index contributed by atoms with van der Waals surface area (Å²) in [5, 5.41) is 0.895. The zero-order valence-corrected chi connectivity index (χ0v) is 12.7. The van der Waals surface area contributed by atoms with Gasteiger partial charge in [-0.05, 0) is 36.2 Å². The number of hydrogen-bond acceptors (Lipinski definition) is 4. The minimum Gasteiger partial charge on any atom is -0.497 e. The molecular weight excluding hydrogens is 280 g/mol. The summed E-state index contributed by atoms with van der Waals surface area (Å²) >= 11 is 0. The van der Waals surface area contributed by atoms with Crippen LogP contribution in [0.5, 0.6) is 11.5 Å². The highest BCUT2D eigenvalue weighted by Gasteiger charge is 2.11. The van der Waals surface area contributed by atoms with E-state index in [1.54, 1.807) is 20.3 Å². The molecule has 0 unspecified atom stereocenters. The summed E-state index contributed by atoms with van der Waals surface area (Å²) in [5.41, 5.74) is 2.99. The fraction of sp³-hybridized carbons (Fsp3) is 0.167. The van der Waals surface area contributed by atoms with Crippen molar-refractivity contribution in [2.45, 2.75) is 6.92 Å². The van der Waals surface area contributed by atoms with Crippen LogP contribution in [0.4, 0.5) is 0 Å². The molecule has 4 nitrogen and oxygen atoms in total. The van der Waals surface area contributed by atoms with Crippen molar-refractivity contribution in [1.82, 2.24) is 0 Å². The van der Waals surface area contributed by atoms with E-state index in [2.05, 4.69) is 0 Å². The van der Waals surface area contributed by atoms with Crippen LogP contribution in [0.2, 0.25) is 0 Å². The SMILES string of the molecule is COc1ccc(-c2cc3c(C)cc(=O)oc3cc2OC)cc1. The van der Waals surface area contributed by atoms with E-state index < -0.39 is 0 Å². The molecule has 0 aliphatic carbocycles. The first-order chi connectivity index (χ1) is 10.6. The molecule has 22 heavy (non-hydrogen) atoms. The van der Waals surface area contributed by atoms with Gasteiger partial charge in [0.1, 0.15) is 17.1 Å². The first-order valence-electron chi connectivity index (χ1n) is 6.89. The summed E-state index contributed by atoms with van der Waals surface area (Å²) in [6.45, 7) is 1.89. The zero-order chi connectivity index (χ0) is 15.7. The number of hydrogen-bond donors (Lipinski definition) is 0. The van der Waals surface area contributed by atoms with E-state index in [4.69, 9.17) is 13.9 Å². The summed E-state index contributed by atoms with van der Waals surface area (Å²) in [5.74, 6) is 1.46. The molecule has 0 fully saturated rings. The fourth-order valence-electron chi connectivity index (χ4n) is 2.51. The van der Waals surface area contributed by atoms with Gasteiger partial charge in [-0.15, -0.1) is 0 Å². The Balaban J connectivity index is 2.25. The van der Waals surface area contributed by atoms with Gasteiger partial charge in [0, 0.05) is 23.1 Å². The smallest absolute Gasteiger partial charge is 0.336 e. The van der Waals surface area contributed by atoms with Gasteiger partial charge in [0.05, 0.1) is 14.2 Å². The highest BCUT2D eigenvalue weighted by atomic mass is 16.5. The molecule has 1 aromatic heterocycles. The molecule has 0 amide bonds. The minimum atomic E-state index is -0.357. The number of methoxy groups -OCH3 is 2. The second-order valence-corrected chi connectivity index (χ2v) is 5.03. The predicted octanol–water partition coefficient (Wildman–Crippen LogP) is 3.79. The van der Waals surface area contributed by atoms with E-state index in [-0.39, 0.29) is 5.63 Å². The molecular formula is C18H16O4. The van der Waals surface area contributed by atoms with E-state index in [9.17, 15) is 4.79 Å². The van der Waals surface area contributed by atoms with Crippen molar-refractivity contribution in [3.8, 4) is 22.6 Å². The maximum atomic E-state index is 11.5. The summed E-state index contributed by atoms with van der Waals surface area (Å²) in [4.78, 5) is 11.5. The lowest BCUT2D eigenvalue weighted by molar-refractivity contribution is 0.414. The molecule has 0 atom stereocenters. The van der Waals surface area contributed by atoms with E-state index in [0.717, 1.165) is 27.8 Å². The van der Waals surface area contributed by atoms with Crippen LogP contribution >= 0.6 is 0 Å². The Labute approximate surface area is 127 Å². The molecule has 0 saturated carbocycles. The van der Waals surface area contributed by atoms with Gasteiger partial charge in [0.2, 0.25) is 0 Å². The number of benzene rings is 2. The highest BCUT2D eigenvalue weighted by Crippen LogP contribution is 2.35. The Bertz CT molecular complexity index is 876. The van der Waals surface area contributed by atoms with Crippen molar-refractivity contribution in [2.75, 3.05) is 14.2 Å². The number of aryl methyl sites for hydroxylation is 1. The van der Waals surface area contributed by atoms with E-state index in [1.807, 2.05) is 37.3 Å². The van der Waals surface area contributed by atoms with Crippen LogP contribution < -0.4 is 15.1 Å². The van der Waals surface area contributed by atoms with Crippen LogP contribution in [0.15, 0.2) is 51.7 Å². The highest BCUT2D eigenvalue weighted by molar-refractivity contribution is 5.89. The van der Waals surface area contributed by atoms with Crippen LogP contribution in [-0.4, -0.2) is 14.2 Å². The van der Waals surface area contributed by atoms with Crippen molar-refractivity contribution < 1.29 is 13.9 Å². The average Bonchev–Trinajstić information content (AvgIpc) is 2.53. The Hall–Kier alpha value is -2.75. The number of rotatable bonds is 3. The third kappa shape index (κ3) is 2.44. The second-order valence-electron chi connectivity index (χ2n) is 5.03. The van der Waals surface area contributed by atoms with E-state index >= 15 is 0 Å². The van der Waals surface area contributed by atoms with E-state index in [1.165, 1.54) is 6.07 Å². The Kier molecular flexibility index (Phi) is 3.59. The lowest BCUT2D eigenvalue weighted by atomic mass is 10.0. The lowest BCUT2D eigenvalue weighted by Crippen LogP contribution is -1.99. The van der Waals surface area contributed by atoms with Gasteiger partial charge in [0.25, 0.3) is 0 Å². The summed E-state index contributed by atoms with van der Waals surface area (Å²) in [6.07, 6.45) is 0. The summed E-state index contributed by atoms with van der Waals surface area (Å²) < 4.78 is 15.9. The molecule has 3 aromatic rings. The zero-order valence-electron chi connectivity index (χ0n) is 12.7. The molecule has 0 saturated heterocycles. The van der Waals surface area contributed by atoms with Crippen molar-refractivity contribution in [2.24, 2.45) is 0 Å². The Morgan fingerprint density at radius 1 is 0.955 bits per heavy atom. The van der Waals surface area contributed by atoms with Crippen molar-refractivity contribution in [3.63, 3.8) is 0 Å². The van der Waals surface area contributed by atoms with Gasteiger partial charge in [-0.3, -0.25) is 0 Å². The summed E-state index contributed by atoms with van der Waals surface area (Å²) in [6, 6.07) is 13.0. The largest absolute Gasteiger partial charge is 0.497 e. The Morgan fingerprint density at radius 3 is 2.32 bits per heavy atom.